The van der Waals surface area contributed by atoms with Gasteiger partial charge in [0, 0.05) is 16.9 Å². The molecule has 0 radical (unpaired) electrons. The van der Waals surface area contributed by atoms with Crippen LogP contribution in [0.25, 0.3) is 0 Å². The van der Waals surface area contributed by atoms with E-state index in [1.54, 1.807) is 0 Å². The minimum absolute atomic E-state index is 0.122. The minimum Gasteiger partial charge on any atom is -0.332 e. The Morgan fingerprint density at radius 2 is 1.28 bits per heavy atom. The Labute approximate surface area is 162 Å². The monoisotopic (exact) mass is 472 g/mol. The molecule has 0 fully saturated rings. The van der Waals surface area contributed by atoms with E-state index in [1.807, 2.05) is 0 Å². The number of benzene rings is 2. The lowest BCUT2D eigenvalue weighted by atomic mass is 10.1. The highest BCUT2D eigenvalue weighted by Crippen LogP contribution is 3.02. The zero-order valence-electron chi connectivity index (χ0n) is 13.7. The highest BCUT2D eigenvalue weighted by molar-refractivity contribution is 8.45. The zero-order valence-corrected chi connectivity index (χ0v) is 15.3. The van der Waals surface area contributed by atoms with Crippen LogP contribution in [0, 0.1) is 0 Å². The summed E-state index contributed by atoms with van der Waals surface area (Å²) in [6.07, 6.45) is -5.82. The summed E-state index contributed by atoms with van der Waals surface area (Å²) in [5.41, 5.74) is -1.80. The first-order valence-electron chi connectivity index (χ1n) is 7.27. The van der Waals surface area contributed by atoms with Crippen LogP contribution in [0.15, 0.2) is 53.4 Å². The molecule has 0 aliphatic heterocycles. The Hall–Kier alpha value is -2.22. The van der Waals surface area contributed by atoms with Crippen molar-refractivity contribution in [3.05, 3.63) is 54.1 Å². The number of rotatable bonds is 4. The molecule has 0 spiro atoms. The molecular formula is C15H10F10N2S2. The van der Waals surface area contributed by atoms with Crippen LogP contribution in [-0.2, 0) is 5.92 Å². The van der Waals surface area contributed by atoms with E-state index in [4.69, 9.17) is 12.2 Å². The van der Waals surface area contributed by atoms with E-state index in [0.717, 1.165) is 12.1 Å². The molecule has 2 nitrogen and oxygen atoms in total. The smallest absolute Gasteiger partial charge is 0.332 e. The molecule has 14 heteroatoms. The van der Waals surface area contributed by atoms with Gasteiger partial charge in [-0.2, -0.15) is 22.0 Å². The minimum atomic E-state index is -9.84. The van der Waals surface area contributed by atoms with Gasteiger partial charge < -0.3 is 10.6 Å². The van der Waals surface area contributed by atoms with Gasteiger partial charge in [-0.1, -0.05) is 31.6 Å². The van der Waals surface area contributed by atoms with Crippen LogP contribution in [0.5, 0.6) is 0 Å². The molecule has 0 atom stereocenters. The molecule has 29 heavy (non-hydrogen) atoms. The highest BCUT2D eigenvalue weighted by Gasteiger charge is 2.65. The maximum absolute atomic E-state index is 13.4. The molecule has 2 N–H and O–H groups in total. The van der Waals surface area contributed by atoms with E-state index in [1.165, 1.54) is 0 Å². The third kappa shape index (κ3) is 5.65. The lowest BCUT2D eigenvalue weighted by molar-refractivity contribution is -0.289. The topological polar surface area (TPSA) is 24.1 Å². The summed E-state index contributed by atoms with van der Waals surface area (Å²) >= 11 is 4.78. The molecule has 0 saturated carbocycles. The van der Waals surface area contributed by atoms with Gasteiger partial charge in [-0.3, -0.25) is 0 Å². The van der Waals surface area contributed by atoms with Crippen molar-refractivity contribution in [2.45, 2.75) is 17.0 Å². The van der Waals surface area contributed by atoms with Crippen molar-refractivity contribution in [1.29, 1.82) is 0 Å². The molecule has 2 rings (SSSR count). The summed E-state index contributed by atoms with van der Waals surface area (Å²) < 4.78 is 127. The van der Waals surface area contributed by atoms with Gasteiger partial charge in [0.1, 0.15) is 4.90 Å². The van der Waals surface area contributed by atoms with Crippen LogP contribution in [0.2, 0.25) is 0 Å². The number of thiocarbonyl (C=S) groups is 1. The Balaban J connectivity index is 2.14. The predicted octanol–water partition coefficient (Wildman–Crippen LogP) is 7.81. The summed E-state index contributed by atoms with van der Waals surface area (Å²) in [4.78, 5) is -2.13. The standard InChI is InChI=1S/C15H10F10N2S2/c16-14(17,15(18,19)20)9-2-1-3-11(8-9)27-13(28)26-10-4-6-12(7-5-10)29(21,22,23,24)25/h1-8H,(H2,26,27,28). The average Bonchev–Trinajstić information content (AvgIpc) is 2.52. The van der Waals surface area contributed by atoms with Crippen molar-refractivity contribution >= 4 is 38.9 Å². The second-order valence-electron chi connectivity index (χ2n) is 5.73. The molecule has 162 valence electrons. The Kier molecular flexibility index (Phi) is 5.08. The average molecular weight is 472 g/mol. The number of nitrogens with one attached hydrogen (secondary N) is 2. The van der Waals surface area contributed by atoms with E-state index < -0.39 is 37.9 Å². The Morgan fingerprint density at radius 1 is 0.759 bits per heavy atom. The summed E-state index contributed by atoms with van der Waals surface area (Å²) in [7, 11) is -9.84. The molecule has 2 aromatic rings. The molecule has 0 heterocycles. The summed E-state index contributed by atoms with van der Waals surface area (Å²) in [5, 5.41) is 4.17. The molecule has 0 aliphatic rings. The first kappa shape index (κ1) is 23.1. The second-order valence-corrected chi connectivity index (χ2v) is 8.54. The van der Waals surface area contributed by atoms with Crippen LogP contribution in [0.3, 0.4) is 0 Å². The van der Waals surface area contributed by atoms with E-state index >= 15 is 0 Å². The van der Waals surface area contributed by atoms with Gasteiger partial charge >= 0.3 is 22.3 Å². The number of halogens is 10. The summed E-state index contributed by atoms with van der Waals surface area (Å²) in [5.74, 6) is -5.12. The van der Waals surface area contributed by atoms with Crippen LogP contribution in [-0.4, -0.2) is 11.3 Å². The summed E-state index contributed by atoms with van der Waals surface area (Å²) in [6, 6.07) is 4.59. The van der Waals surface area contributed by atoms with Crippen LogP contribution in [0.1, 0.15) is 5.56 Å². The lowest BCUT2D eigenvalue weighted by Crippen LogP contribution is -2.33. The quantitative estimate of drug-likeness (QED) is 0.351. The van der Waals surface area contributed by atoms with Gasteiger partial charge in [0.2, 0.25) is 0 Å². The van der Waals surface area contributed by atoms with Crippen LogP contribution in [0.4, 0.5) is 52.8 Å². The molecule has 0 aliphatic carbocycles. The molecule has 0 aromatic heterocycles. The fourth-order valence-electron chi connectivity index (χ4n) is 2.04. The first-order valence-corrected chi connectivity index (χ1v) is 9.63. The number of anilines is 2. The van der Waals surface area contributed by atoms with Gasteiger partial charge in [-0.25, -0.2) is 0 Å². The summed E-state index contributed by atoms with van der Waals surface area (Å²) in [6.45, 7) is 0. The van der Waals surface area contributed by atoms with Gasteiger partial charge in [0.05, 0.1) is 0 Å². The zero-order chi connectivity index (χ0) is 22.4. The van der Waals surface area contributed by atoms with Crippen LogP contribution < -0.4 is 10.6 Å². The molecule has 0 bridgehead atoms. The van der Waals surface area contributed by atoms with Crippen molar-refractivity contribution in [2.24, 2.45) is 0 Å². The first-order chi connectivity index (χ1) is 12.8. The number of hydrogen-bond donors (Lipinski definition) is 2. The Morgan fingerprint density at radius 3 is 1.76 bits per heavy atom. The third-order valence-electron chi connectivity index (χ3n) is 3.40. The van der Waals surface area contributed by atoms with Crippen molar-refractivity contribution in [1.82, 2.24) is 0 Å². The normalized spacial score (nSPS) is 15.2. The van der Waals surface area contributed by atoms with Gasteiger partial charge in [0.25, 0.3) is 0 Å². The maximum atomic E-state index is 13.4. The maximum Gasteiger partial charge on any atom is 0.458 e. The van der Waals surface area contributed by atoms with Gasteiger partial charge in [0.15, 0.2) is 5.11 Å². The SMILES string of the molecule is FC(F)(F)C(F)(F)c1cccc(NC(=S)Nc2ccc(S(F)(F)(F)(F)F)cc2)c1. The highest BCUT2D eigenvalue weighted by atomic mass is 32.5. The van der Waals surface area contributed by atoms with Gasteiger partial charge in [-0.15, -0.1) is 0 Å². The Bertz CT molecular complexity index is 921. The lowest BCUT2D eigenvalue weighted by Gasteiger charge is -2.40. The molecular weight excluding hydrogens is 462 g/mol. The fourth-order valence-corrected chi connectivity index (χ4v) is 2.93. The van der Waals surface area contributed by atoms with E-state index in [0.29, 0.717) is 24.3 Å². The predicted molar refractivity (Wildman–Crippen MR) is 94.1 cm³/mol. The third-order valence-corrected chi connectivity index (χ3v) is 4.76. The molecule has 2 aromatic carbocycles. The van der Waals surface area contributed by atoms with Gasteiger partial charge in [-0.05, 0) is 48.6 Å². The second kappa shape index (κ2) is 6.39. The number of hydrogen-bond acceptors (Lipinski definition) is 1. The fraction of sp³-hybridized carbons (Fsp3) is 0.133. The van der Waals surface area contributed by atoms with E-state index in [9.17, 15) is 41.4 Å². The van der Waals surface area contributed by atoms with E-state index in [2.05, 4.69) is 10.6 Å². The van der Waals surface area contributed by atoms with Crippen molar-refractivity contribution < 1.29 is 41.4 Å². The molecule has 0 amide bonds. The van der Waals surface area contributed by atoms with E-state index in [-0.39, 0.29) is 23.5 Å². The van der Waals surface area contributed by atoms with Crippen molar-refractivity contribution in [2.75, 3.05) is 10.6 Å². The van der Waals surface area contributed by atoms with Crippen molar-refractivity contribution in [3.8, 4) is 0 Å². The molecule has 0 saturated heterocycles. The largest absolute Gasteiger partial charge is 0.458 e. The molecule has 0 unspecified atom stereocenters. The number of alkyl halides is 5. The van der Waals surface area contributed by atoms with Crippen molar-refractivity contribution in [3.63, 3.8) is 0 Å². The van der Waals surface area contributed by atoms with Crippen LogP contribution >= 0.6 is 22.4 Å².